The maximum absolute atomic E-state index is 11.2. The average Bonchev–Trinajstić information content (AvgIpc) is 3.03. The first-order valence-corrected chi connectivity index (χ1v) is 7.61. The van der Waals surface area contributed by atoms with E-state index in [9.17, 15) is 4.79 Å². The van der Waals surface area contributed by atoms with E-state index in [1.54, 1.807) is 31.3 Å². The molecular weight excluding hydrogens is 304 g/mol. The van der Waals surface area contributed by atoms with Gasteiger partial charge in [-0.3, -0.25) is 9.78 Å². The SMILES string of the molecule is CC(C(=O)O)c1ccc2nc(-c3nccc4ccccc34)oc2c1. The maximum atomic E-state index is 11.2. The molecule has 0 spiro atoms. The van der Waals surface area contributed by atoms with Crippen LogP contribution in [0.15, 0.2) is 59.1 Å². The first-order valence-electron chi connectivity index (χ1n) is 7.61. The highest BCUT2D eigenvalue weighted by atomic mass is 16.4. The molecule has 0 saturated carbocycles. The summed E-state index contributed by atoms with van der Waals surface area (Å²) in [6.07, 6.45) is 1.73. The van der Waals surface area contributed by atoms with E-state index in [1.807, 2.05) is 30.3 Å². The van der Waals surface area contributed by atoms with Gasteiger partial charge in [0.25, 0.3) is 0 Å². The van der Waals surface area contributed by atoms with Gasteiger partial charge < -0.3 is 9.52 Å². The third-order valence-corrected chi connectivity index (χ3v) is 4.16. The number of aliphatic carboxylic acids is 1. The topological polar surface area (TPSA) is 76.2 Å². The molecule has 2 aromatic heterocycles. The summed E-state index contributed by atoms with van der Waals surface area (Å²) in [5.74, 6) is -1.04. The molecule has 4 rings (SSSR count). The molecule has 1 unspecified atom stereocenters. The first kappa shape index (κ1) is 14.4. The second-order valence-corrected chi connectivity index (χ2v) is 5.69. The highest BCUT2D eigenvalue weighted by molar-refractivity contribution is 5.93. The minimum atomic E-state index is -0.871. The number of carbonyl (C=O) groups is 1. The molecule has 0 radical (unpaired) electrons. The highest BCUT2D eigenvalue weighted by Crippen LogP contribution is 2.30. The quantitative estimate of drug-likeness (QED) is 0.611. The largest absolute Gasteiger partial charge is 0.481 e. The number of hydrogen-bond acceptors (Lipinski definition) is 4. The maximum Gasteiger partial charge on any atom is 0.310 e. The van der Waals surface area contributed by atoms with Crippen LogP contribution in [0.4, 0.5) is 0 Å². The van der Waals surface area contributed by atoms with E-state index < -0.39 is 11.9 Å². The zero-order valence-corrected chi connectivity index (χ0v) is 12.9. The minimum Gasteiger partial charge on any atom is -0.481 e. The molecule has 0 bridgehead atoms. The van der Waals surface area contributed by atoms with E-state index in [0.29, 0.717) is 28.2 Å². The molecule has 0 aliphatic carbocycles. The van der Waals surface area contributed by atoms with Gasteiger partial charge in [0.2, 0.25) is 5.89 Å². The zero-order chi connectivity index (χ0) is 16.7. The van der Waals surface area contributed by atoms with Crippen LogP contribution in [-0.2, 0) is 4.79 Å². The number of hydrogen-bond donors (Lipinski definition) is 1. The van der Waals surface area contributed by atoms with Crippen molar-refractivity contribution in [1.82, 2.24) is 9.97 Å². The lowest BCUT2D eigenvalue weighted by Gasteiger charge is -2.04. The van der Waals surface area contributed by atoms with Crippen LogP contribution < -0.4 is 0 Å². The van der Waals surface area contributed by atoms with Crippen molar-refractivity contribution < 1.29 is 14.3 Å². The van der Waals surface area contributed by atoms with Gasteiger partial charge in [-0.15, -0.1) is 0 Å². The number of benzene rings is 2. The van der Waals surface area contributed by atoms with Gasteiger partial charge in [-0.2, -0.15) is 0 Å². The lowest BCUT2D eigenvalue weighted by atomic mass is 10.0. The summed E-state index contributed by atoms with van der Waals surface area (Å²) in [6.45, 7) is 1.65. The van der Waals surface area contributed by atoms with Gasteiger partial charge in [-0.05, 0) is 36.1 Å². The molecule has 118 valence electrons. The van der Waals surface area contributed by atoms with Crippen molar-refractivity contribution in [1.29, 1.82) is 0 Å². The molecule has 0 aliphatic rings. The normalized spacial score (nSPS) is 12.5. The number of fused-ring (bicyclic) bond motifs is 2. The highest BCUT2D eigenvalue weighted by Gasteiger charge is 2.17. The monoisotopic (exact) mass is 318 g/mol. The predicted molar refractivity (Wildman–Crippen MR) is 90.8 cm³/mol. The molecule has 5 heteroatoms. The molecular formula is C19H14N2O3. The second kappa shape index (κ2) is 5.45. The van der Waals surface area contributed by atoms with Crippen LogP contribution >= 0.6 is 0 Å². The standard InChI is InChI=1S/C19H14N2O3/c1-11(19(22)23)13-6-7-15-16(10-13)24-18(21-15)17-14-5-3-2-4-12(14)8-9-20-17/h2-11H,1H3,(H,22,23). The summed E-state index contributed by atoms with van der Waals surface area (Å²) < 4.78 is 5.87. The lowest BCUT2D eigenvalue weighted by molar-refractivity contribution is -0.138. The summed E-state index contributed by atoms with van der Waals surface area (Å²) in [4.78, 5) is 20.1. The molecule has 0 fully saturated rings. The van der Waals surface area contributed by atoms with Gasteiger partial charge in [-0.1, -0.05) is 30.3 Å². The number of pyridine rings is 1. The van der Waals surface area contributed by atoms with Crippen LogP contribution in [0.2, 0.25) is 0 Å². The van der Waals surface area contributed by atoms with Crippen LogP contribution in [0.1, 0.15) is 18.4 Å². The van der Waals surface area contributed by atoms with Gasteiger partial charge in [0, 0.05) is 11.6 Å². The number of nitrogens with zero attached hydrogens (tertiary/aromatic N) is 2. The van der Waals surface area contributed by atoms with Crippen LogP contribution in [0.25, 0.3) is 33.5 Å². The first-order chi connectivity index (χ1) is 11.6. The molecule has 0 amide bonds. The Morgan fingerprint density at radius 2 is 2.00 bits per heavy atom. The Kier molecular flexibility index (Phi) is 3.27. The molecule has 0 saturated heterocycles. The molecule has 5 nitrogen and oxygen atoms in total. The number of oxazole rings is 1. The minimum absolute atomic E-state index is 0.432. The Morgan fingerprint density at radius 1 is 1.17 bits per heavy atom. The van der Waals surface area contributed by atoms with Crippen molar-refractivity contribution in [3.8, 4) is 11.6 Å². The van der Waals surface area contributed by atoms with E-state index in [0.717, 1.165) is 10.8 Å². The molecule has 0 aliphatic heterocycles. The van der Waals surface area contributed by atoms with Crippen LogP contribution in [-0.4, -0.2) is 21.0 Å². The van der Waals surface area contributed by atoms with Crippen molar-refractivity contribution in [2.24, 2.45) is 0 Å². The predicted octanol–water partition coefficient (Wildman–Crippen LogP) is 4.23. The molecule has 2 aromatic carbocycles. The summed E-state index contributed by atoms with van der Waals surface area (Å²) in [5, 5.41) is 11.2. The third-order valence-electron chi connectivity index (χ3n) is 4.16. The van der Waals surface area contributed by atoms with Crippen molar-refractivity contribution in [2.75, 3.05) is 0 Å². The zero-order valence-electron chi connectivity index (χ0n) is 12.9. The molecule has 24 heavy (non-hydrogen) atoms. The Balaban J connectivity index is 1.87. The average molecular weight is 318 g/mol. The van der Waals surface area contributed by atoms with Gasteiger partial charge in [0.05, 0.1) is 5.92 Å². The molecule has 1 N–H and O–H groups in total. The molecule has 1 atom stereocenters. The smallest absolute Gasteiger partial charge is 0.310 e. The summed E-state index contributed by atoms with van der Waals surface area (Å²) >= 11 is 0. The molecule has 4 aromatic rings. The van der Waals surface area contributed by atoms with E-state index in [1.165, 1.54) is 0 Å². The second-order valence-electron chi connectivity index (χ2n) is 5.69. The summed E-state index contributed by atoms with van der Waals surface area (Å²) in [7, 11) is 0. The fraction of sp³-hybridized carbons (Fsp3) is 0.105. The van der Waals surface area contributed by atoms with Gasteiger partial charge >= 0.3 is 5.97 Å². The van der Waals surface area contributed by atoms with E-state index in [-0.39, 0.29) is 0 Å². The number of rotatable bonds is 3. The van der Waals surface area contributed by atoms with Crippen LogP contribution in [0, 0.1) is 0 Å². The molecule has 2 heterocycles. The Hall–Kier alpha value is -3.21. The van der Waals surface area contributed by atoms with Crippen molar-refractivity contribution >= 4 is 27.8 Å². The van der Waals surface area contributed by atoms with Crippen molar-refractivity contribution in [3.63, 3.8) is 0 Å². The van der Waals surface area contributed by atoms with Crippen LogP contribution in [0.3, 0.4) is 0 Å². The fourth-order valence-electron chi connectivity index (χ4n) is 2.74. The number of aromatic nitrogens is 2. The van der Waals surface area contributed by atoms with Crippen molar-refractivity contribution in [3.05, 3.63) is 60.3 Å². The Labute approximate surface area is 137 Å². The van der Waals surface area contributed by atoms with Gasteiger partial charge in [-0.25, -0.2) is 4.98 Å². The van der Waals surface area contributed by atoms with E-state index in [2.05, 4.69) is 9.97 Å². The number of carboxylic acids is 1. The van der Waals surface area contributed by atoms with Gasteiger partial charge in [0.15, 0.2) is 5.58 Å². The van der Waals surface area contributed by atoms with Crippen LogP contribution in [0.5, 0.6) is 0 Å². The van der Waals surface area contributed by atoms with E-state index in [4.69, 9.17) is 9.52 Å². The Morgan fingerprint density at radius 3 is 2.83 bits per heavy atom. The summed E-state index contributed by atoms with van der Waals surface area (Å²) in [6, 6.07) is 15.1. The lowest BCUT2D eigenvalue weighted by Crippen LogP contribution is -2.06. The summed E-state index contributed by atoms with van der Waals surface area (Å²) in [5.41, 5.74) is 2.60. The van der Waals surface area contributed by atoms with Gasteiger partial charge in [0.1, 0.15) is 11.2 Å². The Bertz CT molecular complexity index is 1060. The number of carboxylic acid groups (broad SMARTS) is 1. The third kappa shape index (κ3) is 2.31. The van der Waals surface area contributed by atoms with E-state index >= 15 is 0 Å². The van der Waals surface area contributed by atoms with Crippen molar-refractivity contribution in [2.45, 2.75) is 12.8 Å². The fourth-order valence-corrected chi connectivity index (χ4v) is 2.74.